The van der Waals surface area contributed by atoms with Crippen LogP contribution >= 0.6 is 9.24 Å². The number of piperidine rings is 1. The fourth-order valence-corrected chi connectivity index (χ4v) is 3.65. The van der Waals surface area contributed by atoms with E-state index in [1.165, 1.54) is 0 Å². The van der Waals surface area contributed by atoms with Gasteiger partial charge in [-0.25, -0.2) is 0 Å². The lowest BCUT2D eigenvalue weighted by molar-refractivity contribution is -0.134. The third-order valence-corrected chi connectivity index (χ3v) is 4.88. The van der Waals surface area contributed by atoms with Crippen LogP contribution in [0.2, 0.25) is 0 Å². The first-order valence-corrected chi connectivity index (χ1v) is 6.80. The van der Waals surface area contributed by atoms with Crippen molar-refractivity contribution in [3.63, 3.8) is 0 Å². The lowest BCUT2D eigenvalue weighted by Crippen LogP contribution is -2.41. The minimum absolute atomic E-state index is 0.00245. The van der Waals surface area contributed by atoms with E-state index in [4.69, 9.17) is 0 Å². The summed E-state index contributed by atoms with van der Waals surface area (Å²) in [5.74, 6) is 1.31. The van der Waals surface area contributed by atoms with E-state index in [1.807, 2.05) is 4.90 Å². The molecule has 1 saturated heterocycles. The van der Waals surface area contributed by atoms with Crippen molar-refractivity contribution >= 4 is 21.9 Å². The molecule has 1 saturated carbocycles. The zero-order valence-corrected chi connectivity index (χ0v) is 12.4. The summed E-state index contributed by atoms with van der Waals surface area (Å²) in [6, 6.07) is 0. The molecular weight excluding hydrogens is 231 g/mol. The van der Waals surface area contributed by atoms with Crippen LogP contribution in [-0.2, 0) is 4.79 Å². The summed E-state index contributed by atoms with van der Waals surface area (Å²) in [6.07, 6.45) is 0.587. The van der Waals surface area contributed by atoms with Gasteiger partial charge < -0.3 is 4.90 Å². The average Bonchev–Trinajstić information content (AvgIpc) is 2.59. The van der Waals surface area contributed by atoms with Crippen LogP contribution in [0.1, 0.15) is 34.1 Å². The van der Waals surface area contributed by atoms with Gasteiger partial charge in [0.2, 0.25) is 5.91 Å². The number of aliphatic imine (C=N–C) groups is 1. The number of nitrogens with zero attached hydrogens (tertiary/aromatic N) is 2. The first kappa shape index (κ1) is 13.0. The Kier molecular flexibility index (Phi) is 2.89. The van der Waals surface area contributed by atoms with Gasteiger partial charge in [-0.15, -0.1) is 9.24 Å². The van der Waals surface area contributed by atoms with Gasteiger partial charge in [-0.05, 0) is 23.2 Å². The van der Waals surface area contributed by atoms with Crippen molar-refractivity contribution in [1.29, 1.82) is 0 Å². The summed E-state index contributed by atoms with van der Waals surface area (Å²) in [6.45, 7) is 13.0. The average molecular weight is 254 g/mol. The van der Waals surface area contributed by atoms with E-state index in [0.29, 0.717) is 18.3 Å². The normalized spacial score (nSPS) is 40.1. The van der Waals surface area contributed by atoms with Crippen molar-refractivity contribution in [3.8, 4) is 0 Å². The number of hydrogen-bond acceptors (Lipinski definition) is 2. The molecule has 0 spiro atoms. The Hall–Kier alpha value is -0.430. The minimum Gasteiger partial charge on any atom is -0.320 e. The van der Waals surface area contributed by atoms with E-state index in [2.05, 4.69) is 48.6 Å². The lowest BCUT2D eigenvalue weighted by Gasteiger charge is -2.30. The first-order chi connectivity index (χ1) is 7.68. The van der Waals surface area contributed by atoms with Crippen molar-refractivity contribution in [2.45, 2.75) is 45.4 Å². The summed E-state index contributed by atoms with van der Waals surface area (Å²) in [5.41, 5.74) is 0.0415. The zero-order valence-electron chi connectivity index (χ0n) is 11.2. The van der Waals surface area contributed by atoms with Gasteiger partial charge in [0.1, 0.15) is 6.17 Å². The molecule has 17 heavy (non-hydrogen) atoms. The molecule has 1 aliphatic heterocycles. The Morgan fingerprint density at radius 1 is 1.59 bits per heavy atom. The van der Waals surface area contributed by atoms with E-state index < -0.39 is 0 Å². The van der Waals surface area contributed by atoms with Crippen LogP contribution in [0.25, 0.3) is 0 Å². The number of carbonyl (C=O) groups excluding carboxylic acids is 1. The molecule has 4 heteroatoms. The second kappa shape index (κ2) is 3.78. The standard InChI is InChI=1S/C13H23N2OP/c1-12(2,3)6-9(16)15-7-8-10(11(15)14-5)13(8,4)17/h8,10-11H,5-7,17H2,1-4H3/t8-,10-,11-,13?/m0/s1. The van der Waals surface area contributed by atoms with Gasteiger partial charge in [-0.1, -0.05) is 27.7 Å². The summed E-state index contributed by atoms with van der Waals surface area (Å²) in [5, 5.41) is 0.268. The molecule has 0 aromatic carbocycles. The van der Waals surface area contributed by atoms with Gasteiger partial charge in [0.15, 0.2) is 0 Å². The molecule has 0 radical (unpaired) electrons. The predicted octanol–water partition coefficient (Wildman–Crippen LogP) is 2.17. The highest BCUT2D eigenvalue weighted by Crippen LogP contribution is 2.64. The summed E-state index contributed by atoms with van der Waals surface area (Å²) < 4.78 is 0. The molecule has 0 bridgehead atoms. The molecule has 1 amide bonds. The lowest BCUT2D eigenvalue weighted by atomic mass is 9.91. The highest BCUT2D eigenvalue weighted by Gasteiger charge is 2.68. The molecule has 3 nitrogen and oxygen atoms in total. The molecule has 0 N–H and O–H groups in total. The molecular formula is C13H23N2OP. The van der Waals surface area contributed by atoms with Crippen LogP contribution in [0.3, 0.4) is 0 Å². The minimum atomic E-state index is -0.00245. The van der Waals surface area contributed by atoms with Crippen molar-refractivity contribution in [2.75, 3.05) is 6.54 Å². The van der Waals surface area contributed by atoms with Gasteiger partial charge in [-0.2, -0.15) is 0 Å². The monoisotopic (exact) mass is 254 g/mol. The number of likely N-dealkylation sites (tertiary alicyclic amines) is 1. The third-order valence-electron chi connectivity index (χ3n) is 4.06. The molecule has 1 aliphatic carbocycles. The number of amides is 1. The Morgan fingerprint density at radius 2 is 2.18 bits per heavy atom. The molecule has 0 aromatic rings. The molecule has 5 atom stereocenters. The number of fused-ring (bicyclic) bond motifs is 1. The van der Waals surface area contributed by atoms with Crippen molar-refractivity contribution in [1.82, 2.24) is 4.90 Å². The van der Waals surface area contributed by atoms with Crippen molar-refractivity contribution in [3.05, 3.63) is 0 Å². The quantitative estimate of drug-likeness (QED) is 0.549. The molecule has 2 rings (SSSR count). The molecule has 2 unspecified atom stereocenters. The molecule has 96 valence electrons. The largest absolute Gasteiger partial charge is 0.320 e. The number of carbonyl (C=O) groups is 1. The smallest absolute Gasteiger partial charge is 0.224 e. The van der Waals surface area contributed by atoms with Crippen LogP contribution < -0.4 is 0 Å². The van der Waals surface area contributed by atoms with Gasteiger partial charge in [-0.3, -0.25) is 9.79 Å². The number of rotatable bonds is 2. The SMILES string of the molecule is C=N[C@@H]1[C@@H]2[C@H](CN1C(=O)CC(C)(C)C)C2(C)P. The Labute approximate surface area is 106 Å². The maximum Gasteiger partial charge on any atom is 0.224 e. The van der Waals surface area contributed by atoms with Gasteiger partial charge in [0, 0.05) is 18.9 Å². The molecule has 2 aliphatic rings. The van der Waals surface area contributed by atoms with Gasteiger partial charge in [0.25, 0.3) is 0 Å². The van der Waals surface area contributed by atoms with Crippen LogP contribution in [0, 0.1) is 17.3 Å². The van der Waals surface area contributed by atoms with Gasteiger partial charge in [0.05, 0.1) is 0 Å². The van der Waals surface area contributed by atoms with Crippen molar-refractivity contribution in [2.24, 2.45) is 22.2 Å². The molecule has 1 heterocycles. The second-order valence-electron chi connectivity index (χ2n) is 6.88. The maximum absolute atomic E-state index is 12.2. The highest BCUT2D eigenvalue weighted by atomic mass is 31.0. The molecule has 2 fully saturated rings. The predicted molar refractivity (Wildman–Crippen MR) is 74.2 cm³/mol. The van der Waals surface area contributed by atoms with Crippen LogP contribution in [0.5, 0.6) is 0 Å². The highest BCUT2D eigenvalue weighted by molar-refractivity contribution is 7.19. The van der Waals surface area contributed by atoms with Crippen LogP contribution in [0.15, 0.2) is 4.99 Å². The Bertz CT molecular complexity index is 359. The summed E-state index contributed by atoms with van der Waals surface area (Å²) in [4.78, 5) is 18.3. The maximum atomic E-state index is 12.2. The Morgan fingerprint density at radius 3 is 2.65 bits per heavy atom. The summed E-state index contributed by atoms with van der Waals surface area (Å²) >= 11 is 0. The van der Waals surface area contributed by atoms with E-state index in [-0.39, 0.29) is 22.6 Å². The fourth-order valence-electron chi connectivity index (χ4n) is 3.03. The number of hydrogen-bond donors (Lipinski definition) is 0. The van der Waals surface area contributed by atoms with Gasteiger partial charge >= 0.3 is 0 Å². The second-order valence-corrected chi connectivity index (χ2v) is 8.12. The van der Waals surface area contributed by atoms with E-state index in [1.54, 1.807) is 0 Å². The first-order valence-electron chi connectivity index (χ1n) is 6.22. The molecule has 0 aromatic heterocycles. The zero-order chi connectivity index (χ0) is 13.0. The fraction of sp³-hybridized carbons (Fsp3) is 0.846. The van der Waals surface area contributed by atoms with E-state index in [9.17, 15) is 4.79 Å². The van der Waals surface area contributed by atoms with E-state index in [0.717, 1.165) is 6.54 Å². The summed E-state index contributed by atoms with van der Waals surface area (Å²) in [7, 11) is 2.92. The Balaban J connectivity index is 2.05. The van der Waals surface area contributed by atoms with E-state index >= 15 is 0 Å². The topological polar surface area (TPSA) is 32.7 Å². The van der Waals surface area contributed by atoms with Crippen molar-refractivity contribution < 1.29 is 4.79 Å². The van der Waals surface area contributed by atoms with Crippen LogP contribution in [0.4, 0.5) is 0 Å². The third kappa shape index (κ3) is 2.14. The van der Waals surface area contributed by atoms with Crippen LogP contribution in [-0.4, -0.2) is 35.4 Å².